The van der Waals surface area contributed by atoms with Crippen molar-refractivity contribution < 1.29 is 4.79 Å². The molecular weight excluding hydrogens is 304 g/mol. The number of thiophene rings is 1. The number of benzene rings is 1. The van der Waals surface area contributed by atoms with Crippen LogP contribution in [0.1, 0.15) is 10.4 Å². The molecule has 0 spiro atoms. The quantitative estimate of drug-likeness (QED) is 0.711. The molecular formula is C16H11ClN2OS. The molecule has 0 atom stereocenters. The predicted octanol–water partition coefficient (Wildman–Crippen LogP) is 4.72. The Morgan fingerprint density at radius 3 is 2.67 bits per heavy atom. The molecule has 3 aromatic rings. The Balaban J connectivity index is 1.88. The van der Waals surface area contributed by atoms with Crippen LogP contribution < -0.4 is 5.32 Å². The highest BCUT2D eigenvalue weighted by atomic mass is 35.5. The molecule has 0 aliphatic carbocycles. The molecule has 1 aromatic carbocycles. The van der Waals surface area contributed by atoms with Crippen LogP contribution >= 0.6 is 22.9 Å². The number of hydrogen-bond acceptors (Lipinski definition) is 3. The highest BCUT2D eigenvalue weighted by Gasteiger charge is 2.10. The minimum atomic E-state index is -0.205. The van der Waals surface area contributed by atoms with Crippen molar-refractivity contribution in [2.24, 2.45) is 0 Å². The number of anilines is 1. The molecule has 104 valence electrons. The Morgan fingerprint density at radius 2 is 1.95 bits per heavy atom. The lowest BCUT2D eigenvalue weighted by Crippen LogP contribution is -2.12. The molecule has 5 heteroatoms. The van der Waals surface area contributed by atoms with Crippen LogP contribution in [0.15, 0.2) is 60.1 Å². The van der Waals surface area contributed by atoms with E-state index in [0.29, 0.717) is 10.7 Å². The average Bonchev–Trinajstić information content (AvgIpc) is 3.02. The van der Waals surface area contributed by atoms with E-state index in [-0.39, 0.29) is 5.91 Å². The smallest absolute Gasteiger partial charge is 0.257 e. The zero-order valence-electron chi connectivity index (χ0n) is 10.9. The number of hydrogen-bond donors (Lipinski definition) is 1. The lowest BCUT2D eigenvalue weighted by molar-refractivity contribution is 0.102. The van der Waals surface area contributed by atoms with Crippen LogP contribution in [0.4, 0.5) is 5.69 Å². The Bertz CT molecular complexity index is 754. The van der Waals surface area contributed by atoms with Gasteiger partial charge in [-0.25, -0.2) is 4.98 Å². The number of nitrogens with one attached hydrogen (secondary N) is 1. The summed E-state index contributed by atoms with van der Waals surface area (Å²) in [5.74, 6) is -0.205. The SMILES string of the molecule is O=C(Nc1ccccc1-c1cccs1)c1ccc(Cl)nc1. The van der Waals surface area contributed by atoms with Gasteiger partial charge in [0.1, 0.15) is 5.15 Å². The first-order valence-corrected chi connectivity index (χ1v) is 7.55. The molecule has 3 rings (SSSR count). The number of carbonyl (C=O) groups excluding carboxylic acids is 1. The van der Waals surface area contributed by atoms with Crippen molar-refractivity contribution in [2.75, 3.05) is 5.32 Å². The van der Waals surface area contributed by atoms with Crippen LogP contribution in [-0.4, -0.2) is 10.9 Å². The second kappa shape index (κ2) is 6.08. The van der Waals surface area contributed by atoms with Crippen molar-refractivity contribution in [3.05, 3.63) is 70.8 Å². The van der Waals surface area contributed by atoms with Gasteiger partial charge in [-0.15, -0.1) is 11.3 Å². The van der Waals surface area contributed by atoms with Gasteiger partial charge in [0.25, 0.3) is 5.91 Å². The van der Waals surface area contributed by atoms with Crippen molar-refractivity contribution in [2.45, 2.75) is 0 Å². The molecule has 0 aliphatic rings. The molecule has 0 radical (unpaired) electrons. The second-order valence-electron chi connectivity index (χ2n) is 4.35. The third-order valence-corrected chi connectivity index (χ3v) is 4.08. The Labute approximate surface area is 131 Å². The summed E-state index contributed by atoms with van der Waals surface area (Å²) in [7, 11) is 0. The first-order chi connectivity index (χ1) is 10.2. The van der Waals surface area contributed by atoms with Crippen molar-refractivity contribution in [3.63, 3.8) is 0 Å². The van der Waals surface area contributed by atoms with Crippen LogP contribution in [0.25, 0.3) is 10.4 Å². The van der Waals surface area contributed by atoms with E-state index in [2.05, 4.69) is 10.3 Å². The second-order valence-corrected chi connectivity index (χ2v) is 5.68. The van der Waals surface area contributed by atoms with Gasteiger partial charge in [0.05, 0.1) is 5.56 Å². The van der Waals surface area contributed by atoms with E-state index in [1.807, 2.05) is 41.8 Å². The number of nitrogens with zero attached hydrogens (tertiary/aromatic N) is 1. The van der Waals surface area contributed by atoms with E-state index in [4.69, 9.17) is 11.6 Å². The molecule has 0 aliphatic heterocycles. The van der Waals surface area contributed by atoms with Gasteiger partial charge in [-0.3, -0.25) is 4.79 Å². The maximum absolute atomic E-state index is 12.3. The number of carbonyl (C=O) groups is 1. The molecule has 2 heterocycles. The molecule has 2 aromatic heterocycles. The van der Waals surface area contributed by atoms with Crippen molar-refractivity contribution in [1.29, 1.82) is 0 Å². The Morgan fingerprint density at radius 1 is 1.10 bits per heavy atom. The van der Waals surface area contributed by atoms with Crippen LogP contribution in [0.5, 0.6) is 0 Å². The normalized spacial score (nSPS) is 10.3. The van der Waals surface area contributed by atoms with Crippen molar-refractivity contribution >= 4 is 34.5 Å². The standard InChI is InChI=1S/C16H11ClN2OS/c17-15-8-7-11(10-18-15)16(20)19-13-5-2-1-4-12(13)14-6-3-9-21-14/h1-10H,(H,19,20). The maximum atomic E-state index is 12.3. The predicted molar refractivity (Wildman–Crippen MR) is 87.0 cm³/mol. The van der Waals surface area contributed by atoms with Gasteiger partial charge in [0.2, 0.25) is 0 Å². The zero-order valence-corrected chi connectivity index (χ0v) is 12.5. The van der Waals surface area contributed by atoms with Gasteiger partial charge in [-0.05, 0) is 29.6 Å². The van der Waals surface area contributed by atoms with Gasteiger partial charge in [-0.2, -0.15) is 0 Å². The zero-order chi connectivity index (χ0) is 14.7. The summed E-state index contributed by atoms with van der Waals surface area (Å²) >= 11 is 7.36. The van der Waals surface area contributed by atoms with Crippen LogP contribution in [0.3, 0.4) is 0 Å². The highest BCUT2D eigenvalue weighted by Crippen LogP contribution is 2.31. The van der Waals surface area contributed by atoms with Crippen molar-refractivity contribution in [3.8, 4) is 10.4 Å². The van der Waals surface area contributed by atoms with Crippen LogP contribution in [0, 0.1) is 0 Å². The molecule has 0 unspecified atom stereocenters. The van der Waals surface area contributed by atoms with E-state index in [1.165, 1.54) is 6.20 Å². The van der Waals surface area contributed by atoms with Gasteiger partial charge in [0.15, 0.2) is 0 Å². The first kappa shape index (κ1) is 13.8. The summed E-state index contributed by atoms with van der Waals surface area (Å²) in [6.45, 7) is 0. The summed E-state index contributed by atoms with van der Waals surface area (Å²) < 4.78 is 0. The largest absolute Gasteiger partial charge is 0.321 e. The summed E-state index contributed by atoms with van der Waals surface area (Å²) in [5, 5.41) is 5.30. The lowest BCUT2D eigenvalue weighted by atomic mass is 10.1. The van der Waals surface area contributed by atoms with Gasteiger partial charge in [0, 0.05) is 22.3 Å². The van der Waals surface area contributed by atoms with E-state index >= 15 is 0 Å². The lowest BCUT2D eigenvalue weighted by Gasteiger charge is -2.09. The van der Waals surface area contributed by atoms with E-state index in [0.717, 1.165) is 16.1 Å². The fourth-order valence-corrected chi connectivity index (χ4v) is 2.82. The molecule has 0 bridgehead atoms. The number of pyridine rings is 1. The molecule has 1 amide bonds. The molecule has 1 N–H and O–H groups in total. The summed E-state index contributed by atoms with van der Waals surface area (Å²) in [6, 6.07) is 15.0. The highest BCUT2D eigenvalue weighted by molar-refractivity contribution is 7.13. The number of rotatable bonds is 3. The molecule has 0 fully saturated rings. The molecule has 3 nitrogen and oxygen atoms in total. The Kier molecular flexibility index (Phi) is 3.99. The first-order valence-electron chi connectivity index (χ1n) is 6.30. The topological polar surface area (TPSA) is 42.0 Å². The fourth-order valence-electron chi connectivity index (χ4n) is 1.94. The Hall–Kier alpha value is -2.17. The summed E-state index contributed by atoms with van der Waals surface area (Å²) in [6.07, 6.45) is 1.46. The van der Waals surface area contributed by atoms with Crippen LogP contribution in [0.2, 0.25) is 5.15 Å². The molecule has 21 heavy (non-hydrogen) atoms. The van der Waals surface area contributed by atoms with Gasteiger partial charge < -0.3 is 5.32 Å². The number of aromatic nitrogens is 1. The summed E-state index contributed by atoms with van der Waals surface area (Å²) in [5.41, 5.74) is 2.25. The molecule has 0 saturated carbocycles. The summed E-state index contributed by atoms with van der Waals surface area (Å²) in [4.78, 5) is 17.3. The molecule has 0 saturated heterocycles. The number of para-hydroxylation sites is 1. The van der Waals surface area contributed by atoms with E-state index < -0.39 is 0 Å². The van der Waals surface area contributed by atoms with Gasteiger partial charge in [-0.1, -0.05) is 35.9 Å². The number of amides is 1. The fraction of sp³-hybridized carbons (Fsp3) is 0. The monoisotopic (exact) mass is 314 g/mol. The van der Waals surface area contributed by atoms with E-state index in [9.17, 15) is 4.79 Å². The van der Waals surface area contributed by atoms with Crippen LogP contribution in [-0.2, 0) is 0 Å². The third-order valence-electron chi connectivity index (χ3n) is 2.95. The minimum absolute atomic E-state index is 0.205. The van der Waals surface area contributed by atoms with Crippen molar-refractivity contribution in [1.82, 2.24) is 4.98 Å². The van der Waals surface area contributed by atoms with Gasteiger partial charge >= 0.3 is 0 Å². The average molecular weight is 315 g/mol. The van der Waals surface area contributed by atoms with E-state index in [1.54, 1.807) is 23.5 Å². The third kappa shape index (κ3) is 3.12. The maximum Gasteiger partial charge on any atom is 0.257 e. The minimum Gasteiger partial charge on any atom is -0.321 e. The number of halogens is 1.